The zero-order chi connectivity index (χ0) is 14.4. The first-order chi connectivity index (χ1) is 9.72. The van der Waals surface area contributed by atoms with Gasteiger partial charge in [-0.15, -0.1) is 0 Å². The molecule has 0 amide bonds. The van der Waals surface area contributed by atoms with Crippen molar-refractivity contribution in [3.8, 4) is 11.5 Å². The van der Waals surface area contributed by atoms with Crippen LogP contribution in [-0.2, 0) is 6.54 Å². The summed E-state index contributed by atoms with van der Waals surface area (Å²) in [5, 5.41) is 10.0. The van der Waals surface area contributed by atoms with E-state index in [1.54, 1.807) is 7.11 Å². The van der Waals surface area contributed by atoms with E-state index in [0.717, 1.165) is 12.0 Å². The second kappa shape index (κ2) is 7.50. The van der Waals surface area contributed by atoms with E-state index in [9.17, 15) is 5.11 Å². The molecule has 4 nitrogen and oxygen atoms in total. The number of nitrogens with two attached hydrogens (primary N) is 1. The maximum atomic E-state index is 10.0. The summed E-state index contributed by atoms with van der Waals surface area (Å²) in [7, 11) is 1.61. The van der Waals surface area contributed by atoms with Crippen LogP contribution in [0.15, 0.2) is 18.2 Å². The lowest BCUT2D eigenvalue weighted by molar-refractivity contribution is 0.0842. The predicted molar refractivity (Wildman–Crippen MR) is 79.0 cm³/mol. The van der Waals surface area contributed by atoms with E-state index < -0.39 is 6.10 Å². The number of aliphatic hydroxyl groups excluding tert-OH is 1. The highest BCUT2D eigenvalue weighted by Gasteiger charge is 2.19. The topological polar surface area (TPSA) is 64.7 Å². The summed E-state index contributed by atoms with van der Waals surface area (Å²) in [5.41, 5.74) is 6.60. The van der Waals surface area contributed by atoms with E-state index >= 15 is 0 Å². The number of hydrogen-bond acceptors (Lipinski definition) is 4. The highest BCUT2D eigenvalue weighted by molar-refractivity contribution is 5.42. The van der Waals surface area contributed by atoms with Crippen molar-refractivity contribution in [2.45, 2.75) is 44.8 Å². The van der Waals surface area contributed by atoms with E-state index in [4.69, 9.17) is 15.2 Å². The third-order valence-corrected chi connectivity index (χ3v) is 3.98. The Morgan fingerprint density at radius 3 is 2.70 bits per heavy atom. The van der Waals surface area contributed by atoms with Gasteiger partial charge in [-0.25, -0.2) is 0 Å². The van der Waals surface area contributed by atoms with Gasteiger partial charge < -0.3 is 20.3 Å². The molecular formula is C16H25NO3. The molecule has 20 heavy (non-hydrogen) atoms. The van der Waals surface area contributed by atoms with E-state index in [-0.39, 0.29) is 0 Å². The fourth-order valence-electron chi connectivity index (χ4n) is 2.84. The Labute approximate surface area is 120 Å². The number of rotatable bonds is 7. The molecule has 0 aliphatic heterocycles. The molecule has 1 aliphatic rings. The Morgan fingerprint density at radius 1 is 1.30 bits per heavy atom. The highest BCUT2D eigenvalue weighted by Crippen LogP contribution is 2.30. The molecule has 112 valence electrons. The number of methoxy groups -OCH3 is 1. The molecular weight excluding hydrogens is 254 g/mol. The maximum Gasteiger partial charge on any atom is 0.161 e. The molecule has 1 unspecified atom stereocenters. The first kappa shape index (κ1) is 15.1. The minimum absolute atomic E-state index is 0.314. The third kappa shape index (κ3) is 4.12. The molecule has 2 rings (SSSR count). The molecule has 1 aliphatic carbocycles. The van der Waals surface area contributed by atoms with Crippen LogP contribution >= 0.6 is 0 Å². The van der Waals surface area contributed by atoms with Crippen LogP contribution in [0.3, 0.4) is 0 Å². The van der Waals surface area contributed by atoms with Crippen molar-refractivity contribution in [2.24, 2.45) is 11.7 Å². The normalized spacial score (nSPS) is 17.1. The molecule has 0 saturated heterocycles. The lowest BCUT2D eigenvalue weighted by Crippen LogP contribution is -2.20. The molecule has 1 fully saturated rings. The second-order valence-corrected chi connectivity index (χ2v) is 5.54. The van der Waals surface area contributed by atoms with Gasteiger partial charge in [-0.1, -0.05) is 31.7 Å². The van der Waals surface area contributed by atoms with Crippen LogP contribution in [0.25, 0.3) is 0 Å². The molecule has 0 radical (unpaired) electrons. The van der Waals surface area contributed by atoms with Crippen LogP contribution < -0.4 is 15.2 Å². The average molecular weight is 279 g/mol. The van der Waals surface area contributed by atoms with Crippen molar-refractivity contribution < 1.29 is 14.6 Å². The van der Waals surface area contributed by atoms with Gasteiger partial charge in [-0.3, -0.25) is 0 Å². The van der Waals surface area contributed by atoms with E-state index in [0.29, 0.717) is 30.6 Å². The lowest BCUT2D eigenvalue weighted by atomic mass is 10.0. The number of benzene rings is 1. The molecule has 3 N–H and O–H groups in total. The van der Waals surface area contributed by atoms with Gasteiger partial charge in [0.05, 0.1) is 13.2 Å². The standard InChI is InChI=1S/C16H25NO3/c1-19-16-9-13(10-17)6-7-15(16)20-11-14(18)8-12-4-2-3-5-12/h6-7,9,12,14,18H,2-5,8,10-11,17H2,1H3. The van der Waals surface area contributed by atoms with Gasteiger partial charge in [0.1, 0.15) is 6.61 Å². The molecule has 0 bridgehead atoms. The third-order valence-electron chi connectivity index (χ3n) is 3.98. The quantitative estimate of drug-likeness (QED) is 0.805. The summed E-state index contributed by atoms with van der Waals surface area (Å²) in [6.45, 7) is 0.787. The molecule has 0 spiro atoms. The largest absolute Gasteiger partial charge is 0.493 e. The van der Waals surface area contributed by atoms with Gasteiger partial charge in [-0.2, -0.15) is 0 Å². The molecule has 1 atom stereocenters. The Kier molecular flexibility index (Phi) is 5.68. The monoisotopic (exact) mass is 279 g/mol. The summed E-state index contributed by atoms with van der Waals surface area (Å²) in [6, 6.07) is 5.64. The van der Waals surface area contributed by atoms with Gasteiger partial charge in [0.2, 0.25) is 0 Å². The van der Waals surface area contributed by atoms with Crippen molar-refractivity contribution >= 4 is 0 Å². The van der Waals surface area contributed by atoms with Crippen LogP contribution in [0.2, 0.25) is 0 Å². The van der Waals surface area contributed by atoms with Crippen LogP contribution in [0.1, 0.15) is 37.7 Å². The van der Waals surface area contributed by atoms with Gasteiger partial charge in [0.15, 0.2) is 11.5 Å². The summed E-state index contributed by atoms with van der Waals surface area (Å²) >= 11 is 0. The molecule has 1 aromatic carbocycles. The Morgan fingerprint density at radius 2 is 2.05 bits per heavy atom. The maximum absolute atomic E-state index is 10.0. The van der Waals surface area contributed by atoms with E-state index in [2.05, 4.69) is 0 Å². The van der Waals surface area contributed by atoms with Crippen molar-refractivity contribution in [1.29, 1.82) is 0 Å². The van der Waals surface area contributed by atoms with Gasteiger partial charge >= 0.3 is 0 Å². The zero-order valence-electron chi connectivity index (χ0n) is 12.2. The van der Waals surface area contributed by atoms with Gasteiger partial charge in [0.25, 0.3) is 0 Å². The minimum atomic E-state index is -0.406. The minimum Gasteiger partial charge on any atom is -0.493 e. The SMILES string of the molecule is COc1cc(CN)ccc1OCC(O)CC1CCCC1. The Bertz CT molecular complexity index is 416. The summed E-state index contributed by atoms with van der Waals surface area (Å²) < 4.78 is 11.0. The molecule has 0 heterocycles. The fraction of sp³-hybridized carbons (Fsp3) is 0.625. The van der Waals surface area contributed by atoms with Crippen molar-refractivity contribution in [3.63, 3.8) is 0 Å². The summed E-state index contributed by atoms with van der Waals surface area (Å²) in [5.74, 6) is 1.99. The smallest absolute Gasteiger partial charge is 0.161 e. The van der Waals surface area contributed by atoms with Crippen molar-refractivity contribution in [1.82, 2.24) is 0 Å². The fourth-order valence-corrected chi connectivity index (χ4v) is 2.84. The van der Waals surface area contributed by atoms with Crippen LogP contribution in [-0.4, -0.2) is 24.9 Å². The van der Waals surface area contributed by atoms with E-state index in [1.807, 2.05) is 18.2 Å². The number of hydrogen-bond donors (Lipinski definition) is 2. The molecule has 0 aromatic heterocycles. The summed E-state index contributed by atoms with van der Waals surface area (Å²) in [6.07, 6.45) is 5.51. The molecule has 1 saturated carbocycles. The summed E-state index contributed by atoms with van der Waals surface area (Å²) in [4.78, 5) is 0. The average Bonchev–Trinajstić information content (AvgIpc) is 2.97. The van der Waals surface area contributed by atoms with Crippen molar-refractivity contribution in [3.05, 3.63) is 23.8 Å². The van der Waals surface area contributed by atoms with Crippen LogP contribution in [0.4, 0.5) is 0 Å². The molecule has 1 aromatic rings. The first-order valence-corrected chi connectivity index (χ1v) is 7.40. The number of ether oxygens (including phenoxy) is 2. The van der Waals surface area contributed by atoms with Crippen LogP contribution in [0, 0.1) is 5.92 Å². The van der Waals surface area contributed by atoms with E-state index in [1.165, 1.54) is 25.7 Å². The Hall–Kier alpha value is -1.26. The molecule has 4 heteroatoms. The van der Waals surface area contributed by atoms with Crippen LogP contribution in [0.5, 0.6) is 11.5 Å². The zero-order valence-corrected chi connectivity index (χ0v) is 12.2. The predicted octanol–water partition coefficient (Wildman–Crippen LogP) is 2.47. The highest BCUT2D eigenvalue weighted by atomic mass is 16.5. The Balaban J connectivity index is 1.86. The first-order valence-electron chi connectivity index (χ1n) is 7.40. The number of aliphatic hydroxyl groups is 1. The van der Waals surface area contributed by atoms with Gasteiger partial charge in [0, 0.05) is 6.54 Å². The lowest BCUT2D eigenvalue weighted by Gasteiger charge is -2.17. The van der Waals surface area contributed by atoms with Crippen molar-refractivity contribution in [2.75, 3.05) is 13.7 Å². The second-order valence-electron chi connectivity index (χ2n) is 5.54. The van der Waals surface area contributed by atoms with Gasteiger partial charge in [-0.05, 0) is 30.0 Å².